The minimum absolute atomic E-state index is 0.134. The fourth-order valence-electron chi connectivity index (χ4n) is 2.70. The molecule has 0 saturated heterocycles. The first kappa shape index (κ1) is 14.2. The van der Waals surface area contributed by atoms with Gasteiger partial charge in [0.15, 0.2) is 0 Å². The Bertz CT molecular complexity index is 659. The second kappa shape index (κ2) is 5.94. The number of para-hydroxylation sites is 1. The van der Waals surface area contributed by atoms with Crippen LogP contribution in [-0.4, -0.2) is 6.61 Å². The number of nitrogens with one attached hydrogen (secondary N) is 1. The van der Waals surface area contributed by atoms with Crippen LogP contribution in [0.5, 0.6) is 5.75 Å². The van der Waals surface area contributed by atoms with Crippen LogP contribution in [0.3, 0.4) is 0 Å². The number of hydrogen-bond acceptors (Lipinski definition) is 2. The van der Waals surface area contributed by atoms with Crippen molar-refractivity contribution in [3.63, 3.8) is 0 Å². The topological polar surface area (TPSA) is 21.3 Å². The lowest BCUT2D eigenvalue weighted by Crippen LogP contribution is -2.10. The molecule has 4 heteroatoms. The summed E-state index contributed by atoms with van der Waals surface area (Å²) in [6.07, 6.45) is 1.94. The monoisotopic (exact) mass is 305 g/mol. The van der Waals surface area contributed by atoms with Gasteiger partial charge in [0.25, 0.3) is 0 Å². The first-order valence-corrected chi connectivity index (χ1v) is 7.47. The molecule has 2 nitrogen and oxygen atoms in total. The van der Waals surface area contributed by atoms with Crippen LogP contribution in [0.2, 0.25) is 5.02 Å². The second-order valence-electron chi connectivity index (χ2n) is 5.31. The number of benzene rings is 2. The highest BCUT2D eigenvalue weighted by Crippen LogP contribution is 2.36. The Morgan fingerprint density at radius 3 is 2.95 bits per heavy atom. The van der Waals surface area contributed by atoms with Gasteiger partial charge in [0.05, 0.1) is 17.7 Å². The average Bonchev–Trinajstić information content (AvgIpc) is 2.67. The molecule has 110 valence electrons. The van der Waals surface area contributed by atoms with E-state index in [4.69, 9.17) is 16.3 Å². The van der Waals surface area contributed by atoms with Gasteiger partial charge in [-0.1, -0.05) is 29.8 Å². The highest BCUT2D eigenvalue weighted by Gasteiger charge is 2.21. The first-order valence-electron chi connectivity index (χ1n) is 7.09. The van der Waals surface area contributed by atoms with E-state index in [9.17, 15) is 4.39 Å². The van der Waals surface area contributed by atoms with Gasteiger partial charge in [-0.3, -0.25) is 0 Å². The quantitative estimate of drug-likeness (QED) is 0.832. The van der Waals surface area contributed by atoms with Crippen molar-refractivity contribution in [2.75, 3.05) is 11.9 Å². The van der Waals surface area contributed by atoms with Crippen molar-refractivity contribution in [1.82, 2.24) is 0 Å². The van der Waals surface area contributed by atoms with Gasteiger partial charge in [-0.25, -0.2) is 4.39 Å². The number of anilines is 1. The molecule has 0 aliphatic carbocycles. The zero-order valence-corrected chi connectivity index (χ0v) is 12.6. The third kappa shape index (κ3) is 2.98. The molecule has 1 aliphatic rings. The van der Waals surface area contributed by atoms with E-state index in [1.165, 1.54) is 6.07 Å². The molecule has 0 bridgehead atoms. The molecular weight excluding hydrogens is 289 g/mol. The van der Waals surface area contributed by atoms with E-state index in [1.54, 1.807) is 12.1 Å². The normalized spacial score (nSPS) is 17.6. The van der Waals surface area contributed by atoms with Gasteiger partial charge in [0, 0.05) is 11.3 Å². The van der Waals surface area contributed by atoms with Gasteiger partial charge < -0.3 is 10.1 Å². The molecule has 0 spiro atoms. The van der Waals surface area contributed by atoms with Crippen LogP contribution < -0.4 is 10.1 Å². The molecule has 0 radical (unpaired) electrons. The molecule has 1 unspecified atom stereocenters. The highest BCUT2D eigenvalue weighted by molar-refractivity contribution is 6.31. The van der Waals surface area contributed by atoms with Gasteiger partial charge >= 0.3 is 0 Å². The lowest BCUT2D eigenvalue weighted by molar-refractivity contribution is 0.314. The van der Waals surface area contributed by atoms with Crippen LogP contribution in [0.25, 0.3) is 0 Å². The Balaban J connectivity index is 1.92. The Morgan fingerprint density at radius 1 is 1.29 bits per heavy atom. The maximum absolute atomic E-state index is 13.3. The third-order valence-corrected chi connectivity index (χ3v) is 4.05. The maximum Gasteiger partial charge on any atom is 0.141 e. The Hall–Kier alpha value is -1.74. The minimum Gasteiger partial charge on any atom is -0.493 e. The van der Waals surface area contributed by atoms with Crippen LogP contribution in [0, 0.1) is 12.7 Å². The maximum atomic E-state index is 13.3. The van der Waals surface area contributed by atoms with E-state index in [0.29, 0.717) is 0 Å². The molecule has 0 aromatic heterocycles. The van der Waals surface area contributed by atoms with Crippen LogP contribution in [0.1, 0.15) is 30.0 Å². The number of rotatable bonds is 2. The van der Waals surface area contributed by atoms with Crippen LogP contribution >= 0.6 is 11.6 Å². The van der Waals surface area contributed by atoms with Crippen LogP contribution in [0.4, 0.5) is 10.1 Å². The summed E-state index contributed by atoms with van der Waals surface area (Å²) in [6.45, 7) is 2.77. The molecule has 1 N–H and O–H groups in total. The van der Waals surface area contributed by atoms with Gasteiger partial charge in [0.1, 0.15) is 11.6 Å². The molecule has 1 atom stereocenters. The van der Waals surface area contributed by atoms with E-state index in [1.807, 2.05) is 6.07 Å². The summed E-state index contributed by atoms with van der Waals surface area (Å²) in [5.41, 5.74) is 3.10. The van der Waals surface area contributed by atoms with E-state index < -0.39 is 5.82 Å². The molecule has 0 saturated carbocycles. The highest BCUT2D eigenvalue weighted by atomic mass is 35.5. The smallest absolute Gasteiger partial charge is 0.141 e. The summed E-state index contributed by atoms with van der Waals surface area (Å²) in [7, 11) is 0. The van der Waals surface area contributed by atoms with Crippen molar-refractivity contribution >= 4 is 17.3 Å². The minimum atomic E-state index is -0.400. The van der Waals surface area contributed by atoms with Crippen molar-refractivity contribution in [3.05, 3.63) is 58.4 Å². The molecule has 2 aromatic carbocycles. The summed E-state index contributed by atoms with van der Waals surface area (Å²) < 4.78 is 19.1. The summed E-state index contributed by atoms with van der Waals surface area (Å²) in [6, 6.07) is 11.0. The largest absolute Gasteiger partial charge is 0.493 e. The summed E-state index contributed by atoms with van der Waals surface area (Å²) >= 11 is 5.85. The zero-order valence-electron chi connectivity index (χ0n) is 11.8. The third-order valence-electron chi connectivity index (χ3n) is 3.76. The van der Waals surface area contributed by atoms with Gasteiger partial charge in [-0.05, 0) is 43.5 Å². The van der Waals surface area contributed by atoms with Gasteiger partial charge in [0.2, 0.25) is 0 Å². The summed E-state index contributed by atoms with van der Waals surface area (Å²) in [5, 5.41) is 3.57. The number of halogens is 2. The van der Waals surface area contributed by atoms with Crippen molar-refractivity contribution in [1.29, 1.82) is 0 Å². The van der Waals surface area contributed by atoms with Crippen molar-refractivity contribution in [2.45, 2.75) is 25.8 Å². The number of aryl methyl sites for hydroxylation is 1. The SMILES string of the molecule is Cc1cccc2c1OCCCC2Nc1ccc(F)c(Cl)c1. The van der Waals surface area contributed by atoms with Gasteiger partial charge in [-0.15, -0.1) is 0 Å². The van der Waals surface area contributed by atoms with E-state index >= 15 is 0 Å². The molecule has 1 aliphatic heterocycles. The lowest BCUT2D eigenvalue weighted by atomic mass is 9.99. The Kier molecular flexibility index (Phi) is 4.02. The van der Waals surface area contributed by atoms with E-state index in [2.05, 4.69) is 24.4 Å². The fourth-order valence-corrected chi connectivity index (χ4v) is 2.88. The Labute approximate surface area is 128 Å². The summed E-state index contributed by atoms with van der Waals surface area (Å²) in [4.78, 5) is 0. The number of fused-ring (bicyclic) bond motifs is 1. The van der Waals surface area contributed by atoms with E-state index in [0.717, 1.165) is 42.0 Å². The zero-order chi connectivity index (χ0) is 14.8. The van der Waals surface area contributed by atoms with Crippen molar-refractivity contribution in [3.8, 4) is 5.75 Å². The van der Waals surface area contributed by atoms with Gasteiger partial charge in [-0.2, -0.15) is 0 Å². The Morgan fingerprint density at radius 2 is 2.14 bits per heavy atom. The second-order valence-corrected chi connectivity index (χ2v) is 5.72. The number of ether oxygens (including phenoxy) is 1. The van der Waals surface area contributed by atoms with Crippen LogP contribution in [0.15, 0.2) is 36.4 Å². The molecule has 2 aromatic rings. The van der Waals surface area contributed by atoms with Crippen molar-refractivity contribution in [2.24, 2.45) is 0 Å². The molecule has 0 fully saturated rings. The molecular formula is C17H17ClFNO. The standard InChI is InChI=1S/C17H17ClFNO/c1-11-4-2-5-13-16(6-3-9-21-17(11)13)20-12-7-8-15(19)14(18)10-12/h2,4-5,7-8,10,16,20H,3,6,9H2,1H3. The summed E-state index contributed by atoms with van der Waals surface area (Å²) in [5.74, 6) is 0.559. The molecule has 0 amide bonds. The molecule has 3 rings (SSSR count). The average molecular weight is 306 g/mol. The first-order chi connectivity index (χ1) is 10.1. The lowest BCUT2D eigenvalue weighted by Gasteiger charge is -2.20. The predicted molar refractivity (Wildman–Crippen MR) is 83.7 cm³/mol. The molecule has 21 heavy (non-hydrogen) atoms. The fraction of sp³-hybridized carbons (Fsp3) is 0.294. The molecule has 1 heterocycles. The van der Waals surface area contributed by atoms with Crippen LogP contribution in [-0.2, 0) is 0 Å². The number of hydrogen-bond donors (Lipinski definition) is 1. The predicted octanol–water partition coefficient (Wildman–Crippen LogP) is 5.11. The van der Waals surface area contributed by atoms with Crippen molar-refractivity contribution < 1.29 is 9.13 Å². The van der Waals surface area contributed by atoms with E-state index in [-0.39, 0.29) is 11.1 Å².